The number of hydrogen-bond donors (Lipinski definition) is 2. The predicted molar refractivity (Wildman–Crippen MR) is 77.4 cm³/mol. The van der Waals surface area contributed by atoms with E-state index in [4.69, 9.17) is 5.11 Å². The maximum Gasteiger partial charge on any atom is 0.232 e. The molecule has 0 aliphatic rings. The van der Waals surface area contributed by atoms with Gasteiger partial charge in [0.1, 0.15) is 6.61 Å². The van der Waals surface area contributed by atoms with Crippen LogP contribution in [-0.2, 0) is 10.0 Å². The van der Waals surface area contributed by atoms with Gasteiger partial charge in [-0.25, -0.2) is 8.42 Å². The minimum atomic E-state index is -3.31. The van der Waals surface area contributed by atoms with E-state index in [0.717, 1.165) is 11.1 Å². The lowest BCUT2D eigenvalue weighted by molar-refractivity contribution is 0.350. The van der Waals surface area contributed by atoms with Crippen molar-refractivity contribution in [2.45, 2.75) is 20.8 Å². The molecule has 0 amide bonds. The van der Waals surface area contributed by atoms with Crippen LogP contribution in [0.2, 0.25) is 0 Å². The predicted octanol–water partition coefficient (Wildman–Crippen LogP) is 1.74. The quantitative estimate of drug-likeness (QED) is 0.826. The second-order valence-corrected chi connectivity index (χ2v) is 6.53. The second kappa shape index (κ2) is 6.60. The van der Waals surface area contributed by atoms with Crippen molar-refractivity contribution < 1.29 is 13.5 Å². The molecular formula is C14H19NO3S. The maximum atomic E-state index is 11.8. The minimum absolute atomic E-state index is 0.0764. The van der Waals surface area contributed by atoms with Gasteiger partial charge in [-0.3, -0.25) is 4.72 Å². The third-order valence-electron chi connectivity index (χ3n) is 2.36. The Hall–Kier alpha value is -1.51. The van der Waals surface area contributed by atoms with Crippen molar-refractivity contribution in [1.29, 1.82) is 0 Å². The van der Waals surface area contributed by atoms with Gasteiger partial charge in [-0.1, -0.05) is 25.7 Å². The Labute approximate surface area is 114 Å². The molecule has 5 heteroatoms. The van der Waals surface area contributed by atoms with Gasteiger partial charge in [-0.2, -0.15) is 0 Å². The molecule has 4 nitrogen and oxygen atoms in total. The van der Waals surface area contributed by atoms with Crippen molar-refractivity contribution in [2.75, 3.05) is 17.1 Å². The lowest BCUT2D eigenvalue weighted by Gasteiger charge is -2.12. The van der Waals surface area contributed by atoms with Gasteiger partial charge in [0.25, 0.3) is 0 Å². The number of aliphatic hydroxyl groups excluding tert-OH is 1. The van der Waals surface area contributed by atoms with Gasteiger partial charge < -0.3 is 5.11 Å². The number of aryl methyl sites for hydroxylation is 1. The van der Waals surface area contributed by atoms with Gasteiger partial charge in [0, 0.05) is 5.56 Å². The molecule has 19 heavy (non-hydrogen) atoms. The van der Waals surface area contributed by atoms with E-state index in [1.165, 1.54) is 0 Å². The highest BCUT2D eigenvalue weighted by Gasteiger charge is 2.13. The number of anilines is 1. The van der Waals surface area contributed by atoms with E-state index < -0.39 is 10.0 Å². The summed E-state index contributed by atoms with van der Waals surface area (Å²) in [6.45, 7) is 5.35. The first kappa shape index (κ1) is 15.5. The largest absolute Gasteiger partial charge is 0.384 e. The summed E-state index contributed by atoms with van der Waals surface area (Å²) >= 11 is 0. The van der Waals surface area contributed by atoms with E-state index >= 15 is 0 Å². The summed E-state index contributed by atoms with van der Waals surface area (Å²) in [6.07, 6.45) is 0. The van der Waals surface area contributed by atoms with E-state index in [0.29, 0.717) is 5.69 Å². The van der Waals surface area contributed by atoms with Crippen LogP contribution < -0.4 is 4.72 Å². The lowest BCUT2D eigenvalue weighted by atomic mass is 10.1. The van der Waals surface area contributed by atoms with Gasteiger partial charge in [0.15, 0.2) is 0 Å². The van der Waals surface area contributed by atoms with Gasteiger partial charge in [0.05, 0.1) is 11.4 Å². The highest BCUT2D eigenvalue weighted by atomic mass is 32.2. The summed E-state index contributed by atoms with van der Waals surface area (Å²) in [5.74, 6) is 5.50. The normalized spacial score (nSPS) is 11.0. The number of benzene rings is 1. The molecule has 104 valence electrons. The molecule has 0 unspecified atom stereocenters. The van der Waals surface area contributed by atoms with Crippen molar-refractivity contribution in [3.8, 4) is 11.8 Å². The molecule has 0 aliphatic heterocycles. The van der Waals surface area contributed by atoms with Crippen molar-refractivity contribution in [3.63, 3.8) is 0 Å². The Morgan fingerprint density at radius 2 is 2.05 bits per heavy atom. The SMILES string of the molecule is Cc1cc(C#CCO)ccc1NS(=O)(=O)CC(C)C. The van der Waals surface area contributed by atoms with Gasteiger partial charge in [0.2, 0.25) is 10.0 Å². The number of aliphatic hydroxyl groups is 1. The summed E-state index contributed by atoms with van der Waals surface area (Å²) in [5, 5.41) is 8.62. The average molecular weight is 281 g/mol. The minimum Gasteiger partial charge on any atom is -0.384 e. The number of sulfonamides is 1. The summed E-state index contributed by atoms with van der Waals surface area (Å²) < 4.78 is 26.3. The molecule has 0 heterocycles. The molecule has 0 spiro atoms. The monoisotopic (exact) mass is 281 g/mol. The number of nitrogens with one attached hydrogen (secondary N) is 1. The van der Waals surface area contributed by atoms with E-state index in [-0.39, 0.29) is 18.3 Å². The highest BCUT2D eigenvalue weighted by Crippen LogP contribution is 2.18. The van der Waals surface area contributed by atoms with Crippen LogP contribution in [0.1, 0.15) is 25.0 Å². The first-order valence-electron chi connectivity index (χ1n) is 6.05. The molecule has 0 saturated heterocycles. The number of rotatable bonds is 4. The Morgan fingerprint density at radius 1 is 1.37 bits per heavy atom. The summed E-state index contributed by atoms with van der Waals surface area (Å²) in [7, 11) is -3.31. The molecular weight excluding hydrogens is 262 g/mol. The fraction of sp³-hybridized carbons (Fsp3) is 0.429. The molecule has 0 radical (unpaired) electrons. The standard InChI is InChI=1S/C14H19NO3S/c1-11(2)10-19(17,18)15-14-7-6-13(5-4-8-16)9-12(14)3/h6-7,9,11,15-16H,8,10H2,1-3H3. The van der Waals surface area contributed by atoms with Crippen molar-refractivity contribution in [2.24, 2.45) is 5.92 Å². The molecule has 1 aromatic rings. The summed E-state index contributed by atoms with van der Waals surface area (Å²) in [4.78, 5) is 0. The van der Waals surface area contributed by atoms with Crippen LogP contribution in [0.25, 0.3) is 0 Å². The van der Waals surface area contributed by atoms with Crippen molar-refractivity contribution in [1.82, 2.24) is 0 Å². The Morgan fingerprint density at radius 3 is 2.58 bits per heavy atom. The number of hydrogen-bond acceptors (Lipinski definition) is 3. The maximum absolute atomic E-state index is 11.8. The zero-order valence-corrected chi connectivity index (χ0v) is 12.2. The van der Waals surface area contributed by atoms with Crippen LogP contribution in [0.5, 0.6) is 0 Å². The highest BCUT2D eigenvalue weighted by molar-refractivity contribution is 7.92. The third-order valence-corrected chi connectivity index (χ3v) is 3.99. The van der Waals surface area contributed by atoms with E-state index in [2.05, 4.69) is 16.6 Å². The van der Waals surface area contributed by atoms with Gasteiger partial charge in [-0.05, 0) is 36.6 Å². The van der Waals surface area contributed by atoms with Crippen LogP contribution in [0.3, 0.4) is 0 Å². The Bertz CT molecular complexity index is 595. The Balaban J connectivity index is 2.92. The molecule has 0 aromatic heterocycles. The van der Waals surface area contributed by atoms with E-state index in [1.54, 1.807) is 18.2 Å². The van der Waals surface area contributed by atoms with Gasteiger partial charge >= 0.3 is 0 Å². The Kier molecular flexibility index (Phi) is 5.40. The lowest BCUT2D eigenvalue weighted by Crippen LogP contribution is -2.20. The first-order chi connectivity index (χ1) is 8.84. The summed E-state index contributed by atoms with van der Waals surface area (Å²) in [6, 6.07) is 5.20. The molecule has 0 aliphatic carbocycles. The van der Waals surface area contributed by atoms with Crippen molar-refractivity contribution >= 4 is 15.7 Å². The van der Waals surface area contributed by atoms with E-state index in [9.17, 15) is 8.42 Å². The smallest absolute Gasteiger partial charge is 0.232 e. The molecule has 0 atom stereocenters. The van der Waals surface area contributed by atoms with Crippen LogP contribution >= 0.6 is 0 Å². The second-order valence-electron chi connectivity index (χ2n) is 4.77. The summed E-state index contributed by atoms with van der Waals surface area (Å²) in [5.41, 5.74) is 2.12. The fourth-order valence-electron chi connectivity index (χ4n) is 1.65. The van der Waals surface area contributed by atoms with Crippen LogP contribution in [0.4, 0.5) is 5.69 Å². The van der Waals surface area contributed by atoms with E-state index in [1.807, 2.05) is 20.8 Å². The van der Waals surface area contributed by atoms with Crippen LogP contribution in [0, 0.1) is 24.7 Å². The van der Waals surface area contributed by atoms with Crippen LogP contribution in [0.15, 0.2) is 18.2 Å². The molecule has 0 fully saturated rings. The zero-order valence-electron chi connectivity index (χ0n) is 11.4. The molecule has 0 bridgehead atoms. The molecule has 0 saturated carbocycles. The molecule has 1 rings (SSSR count). The zero-order chi connectivity index (χ0) is 14.5. The van der Waals surface area contributed by atoms with Crippen LogP contribution in [-0.4, -0.2) is 25.9 Å². The third kappa shape index (κ3) is 5.33. The van der Waals surface area contributed by atoms with Gasteiger partial charge in [-0.15, -0.1) is 0 Å². The fourth-order valence-corrected chi connectivity index (χ4v) is 3.17. The average Bonchev–Trinajstić information content (AvgIpc) is 2.27. The topological polar surface area (TPSA) is 66.4 Å². The first-order valence-corrected chi connectivity index (χ1v) is 7.70. The molecule has 1 aromatic carbocycles. The van der Waals surface area contributed by atoms with Crippen molar-refractivity contribution in [3.05, 3.63) is 29.3 Å². The molecule has 2 N–H and O–H groups in total.